The van der Waals surface area contributed by atoms with Gasteiger partial charge in [0.05, 0.1) is 18.4 Å². The Bertz CT molecular complexity index is 983. The number of aromatic nitrogens is 1. The van der Waals surface area contributed by atoms with Gasteiger partial charge < -0.3 is 14.4 Å². The molecule has 154 valence electrons. The van der Waals surface area contributed by atoms with Gasteiger partial charge in [0.25, 0.3) is 5.91 Å². The Hall–Kier alpha value is -2.64. The van der Waals surface area contributed by atoms with Crippen molar-refractivity contribution in [1.29, 1.82) is 0 Å². The molecule has 0 atom stereocenters. The number of hydrogen-bond acceptors (Lipinski definition) is 6. The van der Waals surface area contributed by atoms with Crippen molar-refractivity contribution in [2.24, 2.45) is 0 Å². The zero-order valence-corrected chi connectivity index (χ0v) is 18.4. The summed E-state index contributed by atoms with van der Waals surface area (Å²) in [5, 5.41) is 0.674. The first-order valence-electron chi connectivity index (χ1n) is 9.58. The molecule has 0 aliphatic heterocycles. The molecule has 0 saturated carbocycles. The van der Waals surface area contributed by atoms with E-state index in [9.17, 15) is 4.79 Å². The van der Waals surface area contributed by atoms with Crippen molar-refractivity contribution in [3.63, 3.8) is 0 Å². The number of aryl methyl sites for hydroxylation is 1. The number of fused-ring (bicyclic) bond motifs is 1. The number of carbonyl (C=O) groups is 1. The average Bonchev–Trinajstić information content (AvgIpc) is 3.15. The van der Waals surface area contributed by atoms with Gasteiger partial charge in [0.1, 0.15) is 17.0 Å². The second kappa shape index (κ2) is 9.24. The van der Waals surface area contributed by atoms with Crippen molar-refractivity contribution < 1.29 is 14.3 Å². The number of anilines is 1. The van der Waals surface area contributed by atoms with Gasteiger partial charge in [-0.15, -0.1) is 0 Å². The maximum Gasteiger partial charge on any atom is 0.260 e. The maximum absolute atomic E-state index is 13.3. The molecular weight excluding hydrogens is 386 g/mol. The maximum atomic E-state index is 13.3. The fourth-order valence-corrected chi connectivity index (χ4v) is 4.05. The number of likely N-dealkylation sites (N-methyl/N-ethyl adjacent to an activating group) is 1. The Kier molecular flexibility index (Phi) is 6.71. The monoisotopic (exact) mass is 413 g/mol. The van der Waals surface area contributed by atoms with Crippen LogP contribution in [0, 0.1) is 6.92 Å². The molecule has 3 rings (SSSR count). The SMILES string of the molecule is CCOc1ccc(C(=O)N(CCN(C)C)c2nc3c(OC)ccc(C)c3s2)cc1. The van der Waals surface area contributed by atoms with E-state index in [1.54, 1.807) is 24.1 Å². The Labute approximate surface area is 175 Å². The predicted molar refractivity (Wildman–Crippen MR) is 119 cm³/mol. The topological polar surface area (TPSA) is 54.9 Å². The molecule has 0 fully saturated rings. The van der Waals surface area contributed by atoms with Crippen molar-refractivity contribution in [3.8, 4) is 11.5 Å². The summed E-state index contributed by atoms with van der Waals surface area (Å²) in [5.41, 5.74) is 2.52. The van der Waals surface area contributed by atoms with Gasteiger partial charge in [-0.25, -0.2) is 4.98 Å². The number of hydrogen-bond donors (Lipinski definition) is 0. The highest BCUT2D eigenvalue weighted by molar-refractivity contribution is 7.22. The third kappa shape index (κ3) is 4.68. The summed E-state index contributed by atoms with van der Waals surface area (Å²) in [6.45, 7) is 5.85. The first-order chi connectivity index (χ1) is 13.9. The first kappa shape index (κ1) is 21.1. The zero-order valence-electron chi connectivity index (χ0n) is 17.6. The lowest BCUT2D eigenvalue weighted by molar-refractivity contribution is 0.0985. The molecule has 7 heteroatoms. The van der Waals surface area contributed by atoms with E-state index < -0.39 is 0 Å². The number of rotatable bonds is 8. The summed E-state index contributed by atoms with van der Waals surface area (Å²) in [6, 6.07) is 11.2. The highest BCUT2D eigenvalue weighted by atomic mass is 32.1. The molecule has 1 heterocycles. The highest BCUT2D eigenvalue weighted by Gasteiger charge is 2.23. The standard InChI is InChI=1S/C22H27N3O3S/c1-6-28-17-10-8-16(9-11-17)21(26)25(14-13-24(3)4)22-23-19-18(27-5)12-7-15(2)20(19)29-22/h7-12H,6,13-14H2,1-5H3. The Morgan fingerprint density at radius 3 is 2.45 bits per heavy atom. The first-order valence-corrected chi connectivity index (χ1v) is 10.4. The molecule has 2 aromatic carbocycles. The van der Waals surface area contributed by atoms with Crippen molar-refractivity contribution >= 4 is 32.6 Å². The van der Waals surface area contributed by atoms with E-state index in [-0.39, 0.29) is 5.91 Å². The molecular formula is C22H27N3O3S. The smallest absolute Gasteiger partial charge is 0.260 e. The molecule has 0 bridgehead atoms. The summed E-state index contributed by atoms with van der Waals surface area (Å²) in [4.78, 5) is 21.9. The van der Waals surface area contributed by atoms with Crippen LogP contribution in [0.3, 0.4) is 0 Å². The second-order valence-corrected chi connectivity index (χ2v) is 7.95. The van der Waals surface area contributed by atoms with Crippen LogP contribution < -0.4 is 14.4 Å². The number of methoxy groups -OCH3 is 1. The molecule has 0 saturated heterocycles. The van der Waals surface area contributed by atoms with Crippen LogP contribution in [-0.2, 0) is 0 Å². The van der Waals surface area contributed by atoms with Crippen molar-refractivity contribution in [2.75, 3.05) is 45.8 Å². The lowest BCUT2D eigenvalue weighted by atomic mass is 10.2. The number of nitrogens with zero attached hydrogens (tertiary/aromatic N) is 3. The van der Waals surface area contributed by atoms with Crippen LogP contribution in [0.4, 0.5) is 5.13 Å². The zero-order chi connectivity index (χ0) is 21.0. The number of thiazole rings is 1. The van der Waals surface area contributed by atoms with E-state index in [4.69, 9.17) is 14.5 Å². The van der Waals surface area contributed by atoms with Crippen molar-refractivity contribution in [3.05, 3.63) is 47.5 Å². The number of benzene rings is 2. The molecule has 0 aliphatic rings. The number of ether oxygens (including phenoxy) is 2. The normalized spacial score (nSPS) is 11.1. The van der Waals surface area contributed by atoms with Crippen molar-refractivity contribution in [2.45, 2.75) is 13.8 Å². The molecule has 0 aliphatic carbocycles. The fraction of sp³-hybridized carbons (Fsp3) is 0.364. The van der Waals surface area contributed by atoms with E-state index in [0.29, 0.717) is 29.6 Å². The minimum absolute atomic E-state index is 0.0782. The minimum Gasteiger partial charge on any atom is -0.494 e. The molecule has 6 nitrogen and oxygen atoms in total. The van der Waals surface area contributed by atoms with Crippen LogP contribution >= 0.6 is 11.3 Å². The van der Waals surface area contributed by atoms with Crippen LogP contribution in [0.5, 0.6) is 11.5 Å². The van der Waals surface area contributed by atoms with Crippen LogP contribution in [-0.4, -0.2) is 56.7 Å². The molecule has 1 aromatic heterocycles. The summed E-state index contributed by atoms with van der Waals surface area (Å²) >= 11 is 1.52. The molecule has 29 heavy (non-hydrogen) atoms. The van der Waals surface area contributed by atoms with Crippen LogP contribution in [0.15, 0.2) is 36.4 Å². The minimum atomic E-state index is -0.0782. The molecule has 0 radical (unpaired) electrons. The van der Waals surface area contributed by atoms with Gasteiger partial charge in [0, 0.05) is 18.7 Å². The fourth-order valence-electron chi connectivity index (χ4n) is 2.98. The quantitative estimate of drug-likeness (QED) is 0.553. The van der Waals surface area contributed by atoms with Gasteiger partial charge in [0.2, 0.25) is 0 Å². The number of amides is 1. The van der Waals surface area contributed by atoms with E-state index in [2.05, 4.69) is 4.90 Å². The summed E-state index contributed by atoms with van der Waals surface area (Å²) in [5.74, 6) is 1.39. The predicted octanol–water partition coefficient (Wildman–Crippen LogP) is 4.22. The van der Waals surface area contributed by atoms with E-state index in [1.165, 1.54) is 11.3 Å². The average molecular weight is 414 g/mol. The van der Waals surface area contributed by atoms with E-state index in [1.807, 2.05) is 52.2 Å². The Balaban J connectivity index is 1.99. The van der Waals surface area contributed by atoms with Gasteiger partial charge >= 0.3 is 0 Å². The second-order valence-electron chi connectivity index (χ2n) is 6.98. The summed E-state index contributed by atoms with van der Waals surface area (Å²) in [6.07, 6.45) is 0. The lowest BCUT2D eigenvalue weighted by Crippen LogP contribution is -2.36. The number of carbonyl (C=O) groups excluding carboxylic acids is 1. The van der Waals surface area contributed by atoms with Crippen LogP contribution in [0.25, 0.3) is 10.2 Å². The van der Waals surface area contributed by atoms with Gasteiger partial charge in [0.15, 0.2) is 5.13 Å². The van der Waals surface area contributed by atoms with Gasteiger partial charge in [-0.3, -0.25) is 9.69 Å². The van der Waals surface area contributed by atoms with Crippen molar-refractivity contribution in [1.82, 2.24) is 9.88 Å². The lowest BCUT2D eigenvalue weighted by Gasteiger charge is -2.22. The van der Waals surface area contributed by atoms with E-state index in [0.717, 1.165) is 28.1 Å². The Morgan fingerprint density at radius 1 is 1.10 bits per heavy atom. The molecule has 0 unspecified atom stereocenters. The summed E-state index contributed by atoms with van der Waals surface area (Å²) in [7, 11) is 5.62. The molecule has 0 N–H and O–H groups in total. The highest BCUT2D eigenvalue weighted by Crippen LogP contribution is 2.36. The Morgan fingerprint density at radius 2 is 1.83 bits per heavy atom. The van der Waals surface area contributed by atoms with E-state index >= 15 is 0 Å². The third-order valence-corrected chi connectivity index (χ3v) is 5.78. The van der Waals surface area contributed by atoms with Crippen LogP contribution in [0.2, 0.25) is 0 Å². The van der Waals surface area contributed by atoms with Gasteiger partial charge in [-0.1, -0.05) is 17.4 Å². The summed E-state index contributed by atoms with van der Waals surface area (Å²) < 4.78 is 12.0. The van der Waals surface area contributed by atoms with Gasteiger partial charge in [-0.05, 0) is 63.8 Å². The van der Waals surface area contributed by atoms with Crippen LogP contribution in [0.1, 0.15) is 22.8 Å². The third-order valence-electron chi connectivity index (χ3n) is 4.57. The molecule has 3 aromatic rings. The largest absolute Gasteiger partial charge is 0.494 e. The molecule has 1 amide bonds. The van der Waals surface area contributed by atoms with Gasteiger partial charge in [-0.2, -0.15) is 0 Å². The molecule has 0 spiro atoms.